The van der Waals surface area contributed by atoms with E-state index in [0.29, 0.717) is 18.1 Å². The van der Waals surface area contributed by atoms with Crippen molar-refractivity contribution in [3.63, 3.8) is 0 Å². The molecule has 0 bridgehead atoms. The Labute approximate surface area is 99.1 Å². The van der Waals surface area contributed by atoms with Gasteiger partial charge in [-0.1, -0.05) is 6.42 Å². The van der Waals surface area contributed by atoms with Gasteiger partial charge in [0.15, 0.2) is 9.84 Å². The Morgan fingerprint density at radius 1 is 1.25 bits per heavy atom. The number of hydrogen-bond donors (Lipinski definition) is 1. The molecule has 1 aliphatic rings. The molecule has 16 heavy (non-hydrogen) atoms. The lowest BCUT2D eigenvalue weighted by molar-refractivity contribution is 0.287. The van der Waals surface area contributed by atoms with Crippen LogP contribution in [0.5, 0.6) is 0 Å². The van der Waals surface area contributed by atoms with E-state index in [2.05, 4.69) is 4.90 Å². The molecule has 0 saturated carbocycles. The summed E-state index contributed by atoms with van der Waals surface area (Å²) in [7, 11) is -2.76. The van der Waals surface area contributed by atoms with Gasteiger partial charge in [-0.2, -0.15) is 0 Å². The first-order valence-corrected chi connectivity index (χ1v) is 8.00. The zero-order chi connectivity index (χ0) is 12.0. The average molecular weight is 248 g/mol. The maximum absolute atomic E-state index is 11.4. The largest absolute Gasteiger partial charge is 0.328 e. The molecule has 0 radical (unpaired) electrons. The van der Waals surface area contributed by atoms with Crippen molar-refractivity contribution in [3.05, 3.63) is 0 Å². The van der Waals surface area contributed by atoms with E-state index in [1.54, 1.807) is 0 Å². The van der Waals surface area contributed by atoms with Gasteiger partial charge in [0.05, 0.1) is 11.5 Å². The monoisotopic (exact) mass is 248 g/mol. The fourth-order valence-corrected chi connectivity index (χ4v) is 3.32. The fraction of sp³-hybridized carbons (Fsp3) is 1.00. The highest BCUT2D eigenvalue weighted by Gasteiger charge is 2.18. The number of rotatable bonds is 5. The Kier molecular flexibility index (Phi) is 5.72. The molecular weight excluding hydrogens is 224 g/mol. The Balaban J connectivity index is 2.18. The number of unbranched alkanes of at least 4 members (excludes halogenated alkanes) is 1. The van der Waals surface area contributed by atoms with Gasteiger partial charge in [0.1, 0.15) is 0 Å². The summed E-state index contributed by atoms with van der Waals surface area (Å²) in [5, 5.41) is 0. The quantitative estimate of drug-likeness (QED) is 0.725. The molecule has 4 nitrogen and oxygen atoms in total. The van der Waals surface area contributed by atoms with E-state index in [-0.39, 0.29) is 6.04 Å². The van der Waals surface area contributed by atoms with Gasteiger partial charge in [-0.3, -0.25) is 0 Å². The summed E-state index contributed by atoms with van der Waals surface area (Å²) < 4.78 is 22.8. The third kappa shape index (κ3) is 5.82. The van der Waals surface area contributed by atoms with Crippen LogP contribution in [0.25, 0.3) is 0 Å². The number of hydrogen-bond acceptors (Lipinski definition) is 4. The van der Waals surface area contributed by atoms with Crippen molar-refractivity contribution in [3.8, 4) is 0 Å². The fourth-order valence-electron chi connectivity index (χ4n) is 2.02. The van der Waals surface area contributed by atoms with E-state index in [0.717, 1.165) is 38.8 Å². The molecular formula is C11H24N2O2S. The van der Waals surface area contributed by atoms with E-state index >= 15 is 0 Å². The third-order valence-electron chi connectivity index (χ3n) is 3.03. The molecule has 1 aliphatic heterocycles. The second-order valence-electron chi connectivity index (χ2n) is 4.82. The second kappa shape index (κ2) is 6.57. The van der Waals surface area contributed by atoms with Gasteiger partial charge in [0.2, 0.25) is 0 Å². The third-order valence-corrected chi connectivity index (χ3v) is 4.75. The minimum atomic E-state index is -2.76. The summed E-state index contributed by atoms with van der Waals surface area (Å²) in [5.41, 5.74) is 5.68. The lowest BCUT2D eigenvalue weighted by atomic mass is 10.1. The average Bonchev–Trinajstić information content (AvgIpc) is 2.34. The minimum Gasteiger partial charge on any atom is -0.328 e. The van der Waals surface area contributed by atoms with Crippen LogP contribution in [0.2, 0.25) is 0 Å². The molecule has 2 N–H and O–H groups in total. The van der Waals surface area contributed by atoms with Crippen LogP contribution >= 0.6 is 0 Å². The van der Waals surface area contributed by atoms with E-state index in [1.165, 1.54) is 0 Å². The molecule has 0 spiro atoms. The summed E-state index contributed by atoms with van der Waals surface area (Å²) >= 11 is 0. The van der Waals surface area contributed by atoms with Crippen molar-refractivity contribution in [1.29, 1.82) is 0 Å². The SMILES string of the molecule is CC(N)CCCCN1CCCS(=O)(=O)CC1. The van der Waals surface area contributed by atoms with Gasteiger partial charge >= 0.3 is 0 Å². The van der Waals surface area contributed by atoms with Crippen LogP contribution in [0.1, 0.15) is 32.6 Å². The Morgan fingerprint density at radius 3 is 2.69 bits per heavy atom. The molecule has 1 atom stereocenters. The molecule has 1 unspecified atom stereocenters. The van der Waals surface area contributed by atoms with Gasteiger partial charge < -0.3 is 10.6 Å². The van der Waals surface area contributed by atoms with E-state index in [9.17, 15) is 8.42 Å². The molecule has 0 aromatic rings. The standard InChI is InChI=1S/C11H24N2O2S/c1-11(12)5-2-3-6-13-7-4-9-16(14,15)10-8-13/h11H,2-10,12H2,1H3. The highest BCUT2D eigenvalue weighted by atomic mass is 32.2. The van der Waals surface area contributed by atoms with E-state index < -0.39 is 9.84 Å². The van der Waals surface area contributed by atoms with Crippen molar-refractivity contribution >= 4 is 9.84 Å². The molecule has 96 valence electrons. The summed E-state index contributed by atoms with van der Waals surface area (Å²) in [6.45, 7) is 4.68. The number of nitrogens with two attached hydrogens (primary N) is 1. The Morgan fingerprint density at radius 2 is 2.00 bits per heavy atom. The van der Waals surface area contributed by atoms with Crippen LogP contribution in [0.4, 0.5) is 0 Å². The maximum Gasteiger partial charge on any atom is 0.151 e. The predicted molar refractivity (Wildman–Crippen MR) is 67.2 cm³/mol. The first kappa shape index (κ1) is 13.9. The van der Waals surface area contributed by atoms with Crippen molar-refractivity contribution < 1.29 is 8.42 Å². The highest BCUT2D eigenvalue weighted by molar-refractivity contribution is 7.91. The lowest BCUT2D eigenvalue weighted by Crippen LogP contribution is -2.28. The van der Waals surface area contributed by atoms with Gasteiger partial charge in [-0.15, -0.1) is 0 Å². The topological polar surface area (TPSA) is 63.4 Å². The van der Waals surface area contributed by atoms with E-state index in [4.69, 9.17) is 5.73 Å². The van der Waals surface area contributed by atoms with Crippen LogP contribution in [0.15, 0.2) is 0 Å². The molecule has 0 aromatic heterocycles. The summed E-state index contributed by atoms with van der Waals surface area (Å²) in [4.78, 5) is 2.27. The Hall–Kier alpha value is -0.130. The Bertz CT molecular complexity index is 288. The molecule has 1 heterocycles. The smallest absolute Gasteiger partial charge is 0.151 e. The van der Waals surface area contributed by atoms with Gasteiger partial charge in [0.25, 0.3) is 0 Å². The van der Waals surface area contributed by atoms with Crippen LogP contribution in [0.3, 0.4) is 0 Å². The molecule has 1 fully saturated rings. The second-order valence-corrected chi connectivity index (χ2v) is 7.12. The first-order chi connectivity index (χ1) is 7.49. The summed E-state index contributed by atoms with van der Waals surface area (Å²) in [5.74, 6) is 0.698. The number of nitrogens with zero attached hydrogens (tertiary/aromatic N) is 1. The van der Waals surface area contributed by atoms with E-state index in [1.807, 2.05) is 6.92 Å². The zero-order valence-corrected chi connectivity index (χ0v) is 11.0. The summed E-state index contributed by atoms with van der Waals surface area (Å²) in [6, 6.07) is 0.282. The van der Waals surface area contributed by atoms with Crippen LogP contribution in [0, 0.1) is 0 Å². The van der Waals surface area contributed by atoms with Crippen molar-refractivity contribution in [2.45, 2.75) is 38.6 Å². The van der Waals surface area contributed by atoms with Crippen molar-refractivity contribution in [2.24, 2.45) is 5.73 Å². The predicted octanol–water partition coefficient (Wildman–Crippen LogP) is 0.624. The maximum atomic E-state index is 11.4. The minimum absolute atomic E-state index is 0.282. The summed E-state index contributed by atoms with van der Waals surface area (Å²) in [6.07, 6.45) is 4.12. The first-order valence-electron chi connectivity index (χ1n) is 6.18. The molecule has 0 aromatic carbocycles. The molecule has 1 rings (SSSR count). The van der Waals surface area contributed by atoms with Crippen LogP contribution in [-0.4, -0.2) is 50.5 Å². The van der Waals surface area contributed by atoms with Gasteiger partial charge in [-0.05, 0) is 39.3 Å². The van der Waals surface area contributed by atoms with Crippen LogP contribution < -0.4 is 5.73 Å². The van der Waals surface area contributed by atoms with Crippen molar-refractivity contribution in [1.82, 2.24) is 4.90 Å². The van der Waals surface area contributed by atoms with Crippen molar-refractivity contribution in [2.75, 3.05) is 31.1 Å². The highest BCUT2D eigenvalue weighted by Crippen LogP contribution is 2.07. The van der Waals surface area contributed by atoms with Gasteiger partial charge in [0, 0.05) is 12.6 Å². The molecule has 5 heteroatoms. The number of sulfone groups is 1. The van der Waals surface area contributed by atoms with Gasteiger partial charge in [-0.25, -0.2) is 8.42 Å². The van der Waals surface area contributed by atoms with Crippen LogP contribution in [-0.2, 0) is 9.84 Å². The molecule has 0 aliphatic carbocycles. The zero-order valence-electron chi connectivity index (χ0n) is 10.2. The lowest BCUT2D eigenvalue weighted by Gasteiger charge is -2.19. The molecule has 1 saturated heterocycles. The molecule has 0 amide bonds. The normalized spacial score (nSPS) is 23.9.